The monoisotopic (exact) mass is 910 g/mol. The zero-order valence-corrected chi connectivity index (χ0v) is 38.7. The second-order valence-electron chi connectivity index (χ2n) is 19.8. The molecule has 9 aromatic carbocycles. The highest BCUT2D eigenvalue weighted by Crippen LogP contribution is 2.55. The topological polar surface area (TPSA) is 57.4 Å². The summed E-state index contributed by atoms with van der Waals surface area (Å²) in [6, 6.07) is 62.4. The van der Waals surface area contributed by atoms with E-state index in [0.29, 0.717) is 27.8 Å². The third-order valence-corrected chi connectivity index (χ3v) is 15.4. The first kappa shape index (κ1) is 41.5. The minimum Gasteiger partial charge on any atom is -0.309 e. The van der Waals surface area contributed by atoms with Gasteiger partial charge in [-0.1, -0.05) is 137 Å². The van der Waals surface area contributed by atoms with E-state index in [9.17, 15) is 23.7 Å². The molecule has 0 bridgehead atoms. The van der Waals surface area contributed by atoms with Crippen LogP contribution < -0.4 is 0 Å². The van der Waals surface area contributed by atoms with Crippen molar-refractivity contribution in [1.29, 1.82) is 10.5 Å². The predicted molar refractivity (Wildman–Crippen MR) is 276 cm³/mol. The van der Waals surface area contributed by atoms with Crippen molar-refractivity contribution in [3.05, 3.63) is 215 Å². The number of fused-ring (bicyclic) bond motifs is 14. The Morgan fingerprint density at radius 2 is 0.957 bits per heavy atom. The Balaban J connectivity index is 1.13. The molecule has 2 aliphatic carbocycles. The molecular formula is C63H41F3N4. The van der Waals surface area contributed by atoms with Crippen LogP contribution in [0.25, 0.3) is 99.5 Å². The molecule has 70 heavy (non-hydrogen) atoms. The third-order valence-electron chi connectivity index (χ3n) is 15.4. The molecule has 2 aliphatic rings. The van der Waals surface area contributed by atoms with E-state index in [1.807, 2.05) is 42.5 Å². The van der Waals surface area contributed by atoms with Crippen molar-refractivity contribution < 1.29 is 13.2 Å². The molecule has 334 valence electrons. The second kappa shape index (κ2) is 14.4. The molecule has 0 spiro atoms. The van der Waals surface area contributed by atoms with E-state index in [0.717, 1.165) is 67.1 Å². The minimum absolute atomic E-state index is 0.106. The van der Waals surface area contributed by atoms with Gasteiger partial charge in [-0.15, -0.1) is 0 Å². The summed E-state index contributed by atoms with van der Waals surface area (Å²) in [7, 11) is 0. The van der Waals surface area contributed by atoms with Crippen molar-refractivity contribution in [3.63, 3.8) is 0 Å². The maximum absolute atomic E-state index is 14.3. The summed E-state index contributed by atoms with van der Waals surface area (Å²) in [4.78, 5) is 0. The molecule has 0 aliphatic heterocycles. The first-order valence-electron chi connectivity index (χ1n) is 23.5. The van der Waals surface area contributed by atoms with Crippen LogP contribution in [-0.2, 0) is 17.0 Å². The van der Waals surface area contributed by atoms with E-state index < -0.39 is 11.7 Å². The highest BCUT2D eigenvalue weighted by molar-refractivity contribution is 6.16. The van der Waals surface area contributed by atoms with Crippen molar-refractivity contribution in [3.8, 4) is 68.0 Å². The van der Waals surface area contributed by atoms with E-state index in [1.165, 1.54) is 50.6 Å². The summed E-state index contributed by atoms with van der Waals surface area (Å²) in [5.41, 5.74) is 16.5. The summed E-state index contributed by atoms with van der Waals surface area (Å²) in [6.07, 6.45) is -4.65. The smallest absolute Gasteiger partial charge is 0.309 e. The standard InChI is InChI=1S/C63H41F3N4/c1-61(2)50-17-9-5-13-42(50)44-26-29-55-57(59(44)61)46-15-7-11-19-52(46)69(55)39-23-25-41(40-24-22-38(63(64,65)66)32-37(40)35-68)48(33-39)49-31-36(34-67)21-28-54(49)70-53-20-12-8-16-47(53)58-56(70)30-27-45-43-14-6-10-18-51(43)62(3,4)60(45)58/h5-33H,1-4H3. The minimum atomic E-state index is -4.65. The van der Waals surface area contributed by atoms with Crippen molar-refractivity contribution in [2.75, 3.05) is 0 Å². The van der Waals surface area contributed by atoms with Gasteiger partial charge in [-0.3, -0.25) is 0 Å². The van der Waals surface area contributed by atoms with Gasteiger partial charge in [0.15, 0.2) is 0 Å². The SMILES string of the molecule is CC1(C)c2ccccc2-c2ccc3c(c21)c1ccccc1n3-c1ccc(-c2ccc(C(F)(F)F)cc2C#N)c(-c2cc(C#N)ccc2-n2c3ccccc3c3c4c(ccc32)-c2ccccc2C4(C)C)c1. The van der Waals surface area contributed by atoms with Crippen LogP contribution >= 0.6 is 0 Å². The highest BCUT2D eigenvalue weighted by Gasteiger charge is 2.40. The first-order valence-corrected chi connectivity index (χ1v) is 23.5. The van der Waals surface area contributed by atoms with Crippen LogP contribution in [0.1, 0.15) is 66.6 Å². The van der Waals surface area contributed by atoms with Crippen molar-refractivity contribution in [1.82, 2.24) is 9.13 Å². The zero-order valence-electron chi connectivity index (χ0n) is 38.7. The molecule has 0 atom stereocenters. The van der Waals surface area contributed by atoms with Gasteiger partial charge >= 0.3 is 6.18 Å². The fraction of sp³-hybridized carbons (Fsp3) is 0.111. The van der Waals surface area contributed by atoms with Crippen LogP contribution in [0.5, 0.6) is 0 Å². The lowest BCUT2D eigenvalue weighted by molar-refractivity contribution is -0.137. The maximum atomic E-state index is 14.3. The fourth-order valence-electron chi connectivity index (χ4n) is 12.4. The molecular weight excluding hydrogens is 870 g/mol. The summed E-state index contributed by atoms with van der Waals surface area (Å²) in [5, 5.41) is 25.7. The zero-order chi connectivity index (χ0) is 48.0. The van der Waals surface area contributed by atoms with Gasteiger partial charge in [0, 0.05) is 49.2 Å². The highest BCUT2D eigenvalue weighted by atomic mass is 19.4. The fourth-order valence-corrected chi connectivity index (χ4v) is 12.4. The molecule has 0 amide bonds. The molecule has 4 nitrogen and oxygen atoms in total. The molecule has 0 fully saturated rings. The van der Waals surface area contributed by atoms with Crippen LogP contribution in [0.4, 0.5) is 13.2 Å². The van der Waals surface area contributed by atoms with Gasteiger partial charge in [-0.05, 0) is 122 Å². The Kier molecular flexibility index (Phi) is 8.56. The lowest BCUT2D eigenvalue weighted by Gasteiger charge is -2.23. The molecule has 0 saturated carbocycles. The third kappa shape index (κ3) is 5.58. The van der Waals surface area contributed by atoms with Crippen LogP contribution in [0.3, 0.4) is 0 Å². The summed E-state index contributed by atoms with van der Waals surface area (Å²) in [6.45, 7) is 9.15. The lowest BCUT2D eigenvalue weighted by Crippen LogP contribution is -2.15. The summed E-state index contributed by atoms with van der Waals surface area (Å²) < 4.78 is 47.3. The number of nitriles is 2. The molecule has 7 heteroatoms. The molecule has 2 heterocycles. The first-order chi connectivity index (χ1) is 33.8. The van der Waals surface area contributed by atoms with Crippen LogP contribution in [0.15, 0.2) is 176 Å². The van der Waals surface area contributed by atoms with Crippen molar-refractivity contribution >= 4 is 43.6 Å². The molecule has 0 unspecified atom stereocenters. The number of nitrogens with zero attached hydrogens (tertiary/aromatic N) is 4. The van der Waals surface area contributed by atoms with Gasteiger partial charge in [0.25, 0.3) is 0 Å². The summed E-state index contributed by atoms with van der Waals surface area (Å²) >= 11 is 0. The number of hydrogen-bond acceptors (Lipinski definition) is 2. The van der Waals surface area contributed by atoms with Crippen molar-refractivity contribution in [2.45, 2.75) is 44.7 Å². The van der Waals surface area contributed by atoms with E-state index in [2.05, 4.69) is 164 Å². The lowest BCUT2D eigenvalue weighted by atomic mass is 9.80. The number of hydrogen-bond donors (Lipinski definition) is 0. The van der Waals surface area contributed by atoms with Crippen LogP contribution in [-0.4, -0.2) is 9.13 Å². The van der Waals surface area contributed by atoms with Gasteiger partial charge in [0.05, 0.1) is 56.6 Å². The predicted octanol–water partition coefficient (Wildman–Crippen LogP) is 16.6. The van der Waals surface area contributed by atoms with E-state index in [4.69, 9.17) is 0 Å². The molecule has 0 N–H and O–H groups in total. The summed E-state index contributed by atoms with van der Waals surface area (Å²) in [5.74, 6) is 0. The number of rotatable bonds is 4. The average Bonchev–Trinajstić information content (AvgIpc) is 4.04. The Morgan fingerprint density at radius 1 is 0.429 bits per heavy atom. The molecule has 13 rings (SSSR count). The quantitative estimate of drug-likeness (QED) is 0.177. The van der Waals surface area contributed by atoms with Gasteiger partial charge in [0.1, 0.15) is 0 Å². The van der Waals surface area contributed by atoms with Gasteiger partial charge in [-0.25, -0.2) is 0 Å². The van der Waals surface area contributed by atoms with E-state index >= 15 is 0 Å². The number of halogens is 3. The number of para-hydroxylation sites is 2. The van der Waals surface area contributed by atoms with E-state index in [-0.39, 0.29) is 16.4 Å². The molecule has 11 aromatic rings. The van der Waals surface area contributed by atoms with Crippen LogP contribution in [0, 0.1) is 22.7 Å². The largest absolute Gasteiger partial charge is 0.416 e. The number of aromatic nitrogens is 2. The Morgan fingerprint density at radius 3 is 1.54 bits per heavy atom. The molecule has 0 saturated heterocycles. The Bertz CT molecular complexity index is 4200. The van der Waals surface area contributed by atoms with Gasteiger partial charge in [-0.2, -0.15) is 23.7 Å². The van der Waals surface area contributed by atoms with E-state index in [1.54, 1.807) is 0 Å². The molecule has 2 aromatic heterocycles. The Labute approximate surface area is 402 Å². The van der Waals surface area contributed by atoms with Gasteiger partial charge < -0.3 is 9.13 Å². The second-order valence-corrected chi connectivity index (χ2v) is 19.8. The van der Waals surface area contributed by atoms with Crippen molar-refractivity contribution in [2.24, 2.45) is 0 Å². The normalized spacial score (nSPS) is 14.1. The van der Waals surface area contributed by atoms with Gasteiger partial charge in [0.2, 0.25) is 0 Å². The Hall–Kier alpha value is -8.65. The molecule has 0 radical (unpaired) electrons. The number of benzene rings is 9. The van der Waals surface area contributed by atoms with Crippen LogP contribution in [0.2, 0.25) is 0 Å². The number of alkyl halides is 3. The maximum Gasteiger partial charge on any atom is 0.416 e. The average molecular weight is 911 g/mol.